The summed E-state index contributed by atoms with van der Waals surface area (Å²) in [5.41, 5.74) is 0. The molecule has 0 rings (SSSR count). The van der Waals surface area contributed by atoms with Gasteiger partial charge >= 0.3 is 11.9 Å². The molecule has 266 valence electrons. The molecule has 0 heterocycles. The smallest absolute Gasteiger partial charge is 0.306 e. The van der Waals surface area contributed by atoms with Crippen LogP contribution in [0.25, 0.3) is 0 Å². The van der Waals surface area contributed by atoms with E-state index in [1.807, 2.05) is 0 Å². The zero-order valence-corrected chi connectivity index (χ0v) is 30.4. The first-order valence-electron chi connectivity index (χ1n) is 20.2. The third-order valence-corrected chi connectivity index (χ3v) is 9.24. The number of esters is 1. The maximum Gasteiger partial charge on any atom is 0.306 e. The van der Waals surface area contributed by atoms with E-state index >= 15 is 0 Å². The van der Waals surface area contributed by atoms with E-state index in [4.69, 9.17) is 9.84 Å². The number of ether oxygens (including phenoxy) is 1. The number of rotatable bonds is 37. The van der Waals surface area contributed by atoms with Crippen LogP contribution in [0.2, 0.25) is 0 Å². The van der Waals surface area contributed by atoms with Gasteiger partial charge in [-0.2, -0.15) is 0 Å². The van der Waals surface area contributed by atoms with Gasteiger partial charge in [0.05, 0.1) is 0 Å². The number of allylic oxidation sites excluding steroid dienone is 2. The normalized spacial score (nSPS) is 12.2. The first-order valence-corrected chi connectivity index (χ1v) is 20.2. The van der Waals surface area contributed by atoms with Crippen LogP contribution in [0.3, 0.4) is 0 Å². The fraction of sp³-hybridized carbons (Fsp3) is 0.902. The number of carboxylic acids is 1. The van der Waals surface area contributed by atoms with Gasteiger partial charge in [-0.05, 0) is 57.8 Å². The van der Waals surface area contributed by atoms with E-state index in [9.17, 15) is 9.59 Å². The largest absolute Gasteiger partial charge is 0.481 e. The average Bonchev–Trinajstić information content (AvgIpc) is 3.02. The van der Waals surface area contributed by atoms with Gasteiger partial charge in [0.25, 0.3) is 0 Å². The van der Waals surface area contributed by atoms with Gasteiger partial charge in [0, 0.05) is 12.8 Å². The highest BCUT2D eigenvalue weighted by Gasteiger charge is 2.14. The summed E-state index contributed by atoms with van der Waals surface area (Å²) in [5, 5.41) is 8.66. The van der Waals surface area contributed by atoms with Crippen LogP contribution in [0.5, 0.6) is 0 Å². The molecule has 1 unspecified atom stereocenters. The van der Waals surface area contributed by atoms with E-state index < -0.39 is 5.97 Å². The Balaban J connectivity index is 3.60. The van der Waals surface area contributed by atoms with Gasteiger partial charge in [-0.3, -0.25) is 9.59 Å². The van der Waals surface area contributed by atoms with Crippen molar-refractivity contribution >= 4 is 11.9 Å². The van der Waals surface area contributed by atoms with Gasteiger partial charge in [-0.1, -0.05) is 174 Å². The fourth-order valence-electron chi connectivity index (χ4n) is 6.23. The van der Waals surface area contributed by atoms with E-state index in [-0.39, 0.29) is 12.1 Å². The van der Waals surface area contributed by atoms with Crippen LogP contribution < -0.4 is 0 Å². The maximum atomic E-state index is 12.5. The molecule has 45 heavy (non-hydrogen) atoms. The van der Waals surface area contributed by atoms with Gasteiger partial charge in [0.2, 0.25) is 0 Å². The predicted molar refractivity (Wildman–Crippen MR) is 195 cm³/mol. The summed E-state index contributed by atoms with van der Waals surface area (Å²) >= 11 is 0. The first kappa shape index (κ1) is 43.7. The number of hydrogen-bond acceptors (Lipinski definition) is 3. The van der Waals surface area contributed by atoms with Crippen molar-refractivity contribution in [3.8, 4) is 0 Å². The number of aliphatic carboxylic acids is 1. The molecule has 0 amide bonds. The topological polar surface area (TPSA) is 63.6 Å². The Morgan fingerprint density at radius 3 is 1.27 bits per heavy atom. The molecule has 0 fully saturated rings. The minimum absolute atomic E-state index is 0.0353. The van der Waals surface area contributed by atoms with Crippen molar-refractivity contribution in [1.82, 2.24) is 0 Å². The number of unbranched alkanes of at least 4 members (excludes halogenated alkanes) is 26. The minimum atomic E-state index is -0.662. The molecular weight excluding hydrogens is 556 g/mol. The third kappa shape index (κ3) is 37.0. The van der Waals surface area contributed by atoms with Crippen LogP contribution in [-0.4, -0.2) is 23.1 Å². The molecule has 0 saturated carbocycles. The highest BCUT2D eigenvalue weighted by Crippen LogP contribution is 2.18. The summed E-state index contributed by atoms with van der Waals surface area (Å²) < 4.78 is 5.94. The zero-order chi connectivity index (χ0) is 32.9. The minimum Gasteiger partial charge on any atom is -0.481 e. The lowest BCUT2D eigenvalue weighted by Crippen LogP contribution is -2.18. The van der Waals surface area contributed by atoms with Gasteiger partial charge in [0.1, 0.15) is 6.10 Å². The van der Waals surface area contributed by atoms with E-state index in [1.165, 1.54) is 161 Å². The monoisotopic (exact) mass is 635 g/mol. The molecule has 4 heteroatoms. The van der Waals surface area contributed by atoms with Crippen molar-refractivity contribution in [2.45, 2.75) is 238 Å². The SMILES string of the molecule is CCCCCC/C=C\CCCCCCCCC(=O)OC(CCCC)CCCCCCCCCCCCCCCCCCC(=O)O. The van der Waals surface area contributed by atoms with Crippen molar-refractivity contribution in [3.05, 3.63) is 12.2 Å². The van der Waals surface area contributed by atoms with Gasteiger partial charge in [-0.15, -0.1) is 0 Å². The van der Waals surface area contributed by atoms with E-state index in [0.717, 1.165) is 44.9 Å². The molecule has 0 aromatic carbocycles. The maximum absolute atomic E-state index is 12.5. The lowest BCUT2D eigenvalue weighted by Gasteiger charge is -2.18. The lowest BCUT2D eigenvalue weighted by atomic mass is 10.0. The van der Waals surface area contributed by atoms with Crippen molar-refractivity contribution in [2.75, 3.05) is 0 Å². The van der Waals surface area contributed by atoms with Crippen molar-refractivity contribution in [3.63, 3.8) is 0 Å². The summed E-state index contributed by atoms with van der Waals surface area (Å²) in [4.78, 5) is 23.0. The molecule has 0 aliphatic carbocycles. The molecule has 0 spiro atoms. The summed E-state index contributed by atoms with van der Waals surface area (Å²) in [6.45, 7) is 4.49. The van der Waals surface area contributed by atoms with Crippen molar-refractivity contribution in [2.24, 2.45) is 0 Å². The molecule has 1 atom stereocenters. The standard InChI is InChI=1S/C41H78O4/c1-3-5-7-8-9-10-11-12-19-22-25-28-31-34-38-41(44)45-39(35-6-4-2)36-32-29-26-23-20-17-15-13-14-16-18-21-24-27-30-33-37-40(42)43/h10-11,39H,3-9,12-38H2,1-2H3,(H,42,43)/b11-10-. The van der Waals surface area contributed by atoms with Crippen LogP contribution in [0.4, 0.5) is 0 Å². The Morgan fingerprint density at radius 2 is 0.822 bits per heavy atom. The van der Waals surface area contributed by atoms with Gasteiger partial charge in [-0.25, -0.2) is 0 Å². The summed E-state index contributed by atoms with van der Waals surface area (Å²) in [7, 11) is 0. The summed E-state index contributed by atoms with van der Waals surface area (Å²) in [5.74, 6) is -0.627. The van der Waals surface area contributed by atoms with Crippen LogP contribution in [0.15, 0.2) is 12.2 Å². The Bertz CT molecular complexity index is 643. The highest BCUT2D eigenvalue weighted by atomic mass is 16.5. The van der Waals surface area contributed by atoms with Crippen LogP contribution in [-0.2, 0) is 14.3 Å². The summed E-state index contributed by atoms with van der Waals surface area (Å²) in [6.07, 6.45) is 45.7. The molecular formula is C41H78O4. The fourth-order valence-corrected chi connectivity index (χ4v) is 6.23. The van der Waals surface area contributed by atoms with Gasteiger partial charge in [0.15, 0.2) is 0 Å². The molecule has 1 N–H and O–H groups in total. The summed E-state index contributed by atoms with van der Waals surface area (Å²) in [6, 6.07) is 0. The average molecular weight is 635 g/mol. The van der Waals surface area contributed by atoms with Crippen LogP contribution >= 0.6 is 0 Å². The molecule has 0 aliphatic heterocycles. The van der Waals surface area contributed by atoms with E-state index in [2.05, 4.69) is 26.0 Å². The number of hydrogen-bond donors (Lipinski definition) is 1. The number of carboxylic acid groups (broad SMARTS) is 1. The molecule has 4 nitrogen and oxygen atoms in total. The first-order chi connectivity index (χ1) is 22.1. The van der Waals surface area contributed by atoms with E-state index in [1.54, 1.807) is 0 Å². The van der Waals surface area contributed by atoms with E-state index in [0.29, 0.717) is 12.8 Å². The molecule has 0 radical (unpaired) electrons. The third-order valence-electron chi connectivity index (χ3n) is 9.24. The lowest BCUT2D eigenvalue weighted by molar-refractivity contribution is -0.150. The Kier molecular flexibility index (Phi) is 36.1. The molecule has 0 aromatic heterocycles. The molecule has 0 saturated heterocycles. The molecule has 0 aliphatic rings. The van der Waals surface area contributed by atoms with Crippen LogP contribution in [0, 0.1) is 0 Å². The Morgan fingerprint density at radius 1 is 0.467 bits per heavy atom. The Labute approximate surface area is 281 Å². The van der Waals surface area contributed by atoms with Crippen molar-refractivity contribution in [1.29, 1.82) is 0 Å². The van der Waals surface area contributed by atoms with Gasteiger partial charge < -0.3 is 9.84 Å². The second-order valence-corrected chi connectivity index (χ2v) is 13.8. The predicted octanol–water partition coefficient (Wildman–Crippen LogP) is 13.8. The zero-order valence-electron chi connectivity index (χ0n) is 30.4. The molecule has 0 aromatic rings. The molecule has 0 bridgehead atoms. The second-order valence-electron chi connectivity index (χ2n) is 13.8. The van der Waals surface area contributed by atoms with Crippen molar-refractivity contribution < 1.29 is 19.4 Å². The number of carbonyl (C=O) groups is 2. The quantitative estimate of drug-likeness (QED) is 0.0419. The Hall–Kier alpha value is -1.32. The van der Waals surface area contributed by atoms with Crippen LogP contribution in [0.1, 0.15) is 232 Å². The second kappa shape index (κ2) is 37.1. The number of carbonyl (C=O) groups excluding carboxylic acids is 1. The highest BCUT2D eigenvalue weighted by molar-refractivity contribution is 5.69.